The maximum atomic E-state index is 12.1. The molecule has 13 heteroatoms. The fraction of sp³-hybridized carbons (Fsp3) is 0. The molecule has 0 atom stereocenters. The Bertz CT molecular complexity index is 1860. The van der Waals surface area contributed by atoms with E-state index in [1.54, 1.807) is 36.4 Å². The van der Waals surface area contributed by atoms with E-state index in [1.165, 1.54) is 29.1 Å². The molecule has 0 aliphatic heterocycles. The Morgan fingerprint density at radius 3 is 2.14 bits per heavy atom. The Kier molecular flexibility index (Phi) is 9.18. The molecule has 1 aromatic heterocycles. The first-order chi connectivity index (χ1) is 16.6. The zero-order valence-electron chi connectivity index (χ0n) is 19.8. The third-order valence-corrected chi connectivity index (χ3v) is 7.16. The third-order valence-electron chi connectivity index (χ3n) is 5.40. The van der Waals surface area contributed by atoms with E-state index >= 15 is 0 Å². The summed E-state index contributed by atoms with van der Waals surface area (Å²) in [5.74, 6) is 0. The maximum Gasteiger partial charge on any atom is 0.295 e. The molecule has 0 bridgehead atoms. The second kappa shape index (κ2) is 11.5. The third kappa shape index (κ3) is 6.40. The molecule has 0 unspecified atom stereocenters. The molecular weight excluding hydrogens is 536 g/mol. The van der Waals surface area contributed by atoms with Crippen molar-refractivity contribution < 1.29 is 25.9 Å². The zero-order chi connectivity index (χ0) is 24.8. The number of fused-ring (bicyclic) bond motifs is 3. The second-order valence-corrected chi connectivity index (χ2v) is 10.5. The summed E-state index contributed by atoms with van der Waals surface area (Å²) >= 11 is 0. The number of rotatable bonds is 5. The Labute approximate surface area is 257 Å². The fourth-order valence-corrected chi connectivity index (χ4v) is 4.94. The van der Waals surface area contributed by atoms with Crippen LogP contribution in [-0.4, -0.2) is 100 Å². The van der Waals surface area contributed by atoms with E-state index in [2.05, 4.69) is 10.2 Å². The van der Waals surface area contributed by atoms with E-state index in [0.29, 0.717) is 33.1 Å². The number of benzene rings is 4. The van der Waals surface area contributed by atoms with E-state index in [1.807, 2.05) is 30.3 Å². The Morgan fingerprint density at radius 1 is 0.730 bits per heavy atom. The molecule has 0 fully saturated rings. The van der Waals surface area contributed by atoms with Crippen LogP contribution in [0.4, 0.5) is 0 Å². The van der Waals surface area contributed by atoms with Gasteiger partial charge in [0.2, 0.25) is 0 Å². The molecule has 9 nitrogen and oxygen atoms in total. The maximum absolute atomic E-state index is 12.1. The van der Waals surface area contributed by atoms with Gasteiger partial charge in [-0.05, 0) is 46.8 Å². The van der Waals surface area contributed by atoms with E-state index in [9.17, 15) is 25.9 Å². The van der Waals surface area contributed by atoms with Crippen molar-refractivity contribution >= 4 is 113 Å². The van der Waals surface area contributed by atoms with E-state index < -0.39 is 20.2 Å². The van der Waals surface area contributed by atoms with Gasteiger partial charge in [-0.1, -0.05) is 60.7 Å². The van der Waals surface area contributed by atoms with Crippen molar-refractivity contribution in [1.82, 2.24) is 15.0 Å². The van der Waals surface area contributed by atoms with Gasteiger partial charge in [0.25, 0.3) is 20.2 Å². The van der Waals surface area contributed by atoms with Gasteiger partial charge in [-0.25, -0.2) is 0 Å². The topological polar surface area (TPSA) is 139 Å². The van der Waals surface area contributed by atoms with Crippen molar-refractivity contribution in [2.24, 2.45) is 0 Å². The molecule has 5 aromatic rings. The molecule has 178 valence electrons. The second-order valence-electron chi connectivity index (χ2n) is 7.72. The van der Waals surface area contributed by atoms with Crippen molar-refractivity contribution in [3.05, 3.63) is 90.0 Å². The zero-order valence-corrected chi connectivity index (χ0v) is 25.5. The first kappa shape index (κ1) is 29.7. The molecule has 0 aliphatic rings. The van der Waals surface area contributed by atoms with Crippen LogP contribution >= 0.6 is 0 Å². The number of aromatic nitrogens is 3. The quantitative estimate of drug-likeness (QED) is 0.192. The molecule has 0 amide bonds. The molecule has 5 rings (SSSR count). The van der Waals surface area contributed by atoms with Crippen LogP contribution in [0.25, 0.3) is 39.6 Å². The summed E-state index contributed by atoms with van der Waals surface area (Å²) in [7, 11) is -8.91. The van der Waals surface area contributed by atoms with Gasteiger partial charge in [-0.15, -0.1) is 10.2 Å². The molecular formula is C24H17N3Na2O6S2. The smallest absolute Gasteiger partial charge is 0.282 e. The van der Waals surface area contributed by atoms with Gasteiger partial charge < -0.3 is 0 Å². The molecule has 0 aliphatic carbocycles. The Hall–Kier alpha value is -1.90. The predicted molar refractivity (Wildman–Crippen MR) is 143 cm³/mol. The van der Waals surface area contributed by atoms with Crippen molar-refractivity contribution in [3.63, 3.8) is 0 Å². The van der Waals surface area contributed by atoms with Gasteiger partial charge in [-0.3, -0.25) is 9.11 Å². The van der Waals surface area contributed by atoms with Crippen molar-refractivity contribution in [3.8, 4) is 5.69 Å². The number of nitrogens with zero attached hydrogens (tertiary/aromatic N) is 3. The SMILES string of the molecule is O=S(=O)(O)c1ccc2c(ccc3nn(-c4ccc(C=Cc5ccccc5)c(S(=O)(=O)O)c4)nc32)c1.[Na].[Na]. The normalized spacial score (nSPS) is 11.9. The number of hydrogen-bond donors (Lipinski definition) is 2. The minimum absolute atomic E-state index is 0. The Balaban J connectivity index is 0.00000190. The number of hydrogen-bond acceptors (Lipinski definition) is 6. The summed E-state index contributed by atoms with van der Waals surface area (Å²) in [4.78, 5) is 0.694. The van der Waals surface area contributed by atoms with Gasteiger partial charge in [0.1, 0.15) is 15.9 Å². The molecule has 2 N–H and O–H groups in total. The minimum atomic E-state index is -4.55. The molecule has 1 heterocycles. The largest absolute Gasteiger partial charge is 0.295 e. The summed E-state index contributed by atoms with van der Waals surface area (Å²) < 4.78 is 66.2. The Morgan fingerprint density at radius 2 is 1.46 bits per heavy atom. The van der Waals surface area contributed by atoms with Gasteiger partial charge in [0, 0.05) is 64.5 Å². The predicted octanol–water partition coefficient (Wildman–Crippen LogP) is 3.48. The summed E-state index contributed by atoms with van der Waals surface area (Å²) in [6, 6.07) is 21.1. The van der Waals surface area contributed by atoms with E-state index in [-0.39, 0.29) is 68.9 Å². The first-order valence-corrected chi connectivity index (χ1v) is 13.1. The van der Waals surface area contributed by atoms with E-state index in [4.69, 9.17) is 0 Å². The first-order valence-electron chi connectivity index (χ1n) is 10.2. The standard InChI is InChI=1S/C24H17N3O6S2.2Na/c28-34(29,30)20-11-12-21-18(14-20)9-13-22-24(21)26-27(25-22)19-10-8-17(23(15-19)35(31,32)33)7-6-16-4-2-1-3-5-16;;/h1-15H,(H,28,29,30)(H,31,32,33);;. The molecule has 37 heavy (non-hydrogen) atoms. The van der Waals surface area contributed by atoms with Crippen molar-refractivity contribution in [2.45, 2.75) is 9.79 Å². The van der Waals surface area contributed by atoms with Crippen LogP contribution in [0, 0.1) is 0 Å². The van der Waals surface area contributed by atoms with Crippen molar-refractivity contribution in [2.75, 3.05) is 0 Å². The summed E-state index contributed by atoms with van der Waals surface area (Å²) in [5, 5.41) is 9.97. The molecule has 0 spiro atoms. The van der Waals surface area contributed by atoms with Crippen LogP contribution in [0.2, 0.25) is 0 Å². The van der Waals surface area contributed by atoms with Crippen LogP contribution in [0.1, 0.15) is 11.1 Å². The minimum Gasteiger partial charge on any atom is -0.282 e. The van der Waals surface area contributed by atoms with Gasteiger partial charge >= 0.3 is 0 Å². The van der Waals surface area contributed by atoms with Crippen LogP contribution in [0.15, 0.2) is 88.7 Å². The van der Waals surface area contributed by atoms with Crippen LogP contribution in [0.3, 0.4) is 0 Å². The van der Waals surface area contributed by atoms with E-state index in [0.717, 1.165) is 5.56 Å². The molecule has 0 saturated heterocycles. The average Bonchev–Trinajstić information content (AvgIpc) is 3.27. The van der Waals surface area contributed by atoms with Crippen molar-refractivity contribution in [1.29, 1.82) is 0 Å². The molecule has 2 radical (unpaired) electrons. The van der Waals surface area contributed by atoms with Crippen LogP contribution in [-0.2, 0) is 20.2 Å². The van der Waals surface area contributed by atoms with Gasteiger partial charge in [0.15, 0.2) is 0 Å². The molecule has 4 aromatic carbocycles. The van der Waals surface area contributed by atoms with Crippen LogP contribution in [0.5, 0.6) is 0 Å². The van der Waals surface area contributed by atoms with Gasteiger partial charge in [0.05, 0.1) is 10.6 Å². The van der Waals surface area contributed by atoms with Crippen LogP contribution < -0.4 is 0 Å². The summed E-state index contributed by atoms with van der Waals surface area (Å²) in [5.41, 5.74) is 2.39. The monoisotopic (exact) mass is 553 g/mol. The fourth-order valence-electron chi connectivity index (χ4n) is 3.72. The average molecular weight is 554 g/mol. The van der Waals surface area contributed by atoms with Gasteiger partial charge in [-0.2, -0.15) is 21.6 Å². The summed E-state index contributed by atoms with van der Waals surface area (Å²) in [6.07, 6.45) is 3.33. The summed E-state index contributed by atoms with van der Waals surface area (Å²) in [6.45, 7) is 0. The molecule has 0 saturated carbocycles.